The standard InChI is InChI=1S/C59H107NO8/c1-3-5-7-9-11-13-15-17-19-21-22-23-24-25-26-27-28-29-30-31-33-34-36-38-40-42-44-46-48-53(62)52(51-67-59-58(66)57(65)56(64)54(50-61)68-59)60-55(63)49-47-45-43-41-39-37-35-32-20-18-16-14-12-10-8-6-4-2/h12,14,18,20,31,33,38,40,46,48,52-54,56-59,61-62,64-66H,3-11,13,15-17,19,21-30,32,34-37,39,41-45,47,49-51H2,1-2H3,(H,60,63)/b14-12-,20-18-,33-31+,40-38+,48-46+. The van der Waals surface area contributed by atoms with Gasteiger partial charge in [0.25, 0.3) is 0 Å². The Morgan fingerprint density at radius 1 is 0.500 bits per heavy atom. The largest absolute Gasteiger partial charge is 0.394 e. The molecule has 0 bridgehead atoms. The molecule has 1 aliphatic rings. The molecule has 9 heteroatoms. The highest BCUT2D eigenvalue weighted by Crippen LogP contribution is 2.23. The predicted octanol–water partition coefficient (Wildman–Crippen LogP) is 13.9. The van der Waals surface area contributed by atoms with Crippen LogP contribution in [-0.4, -0.2) is 87.5 Å². The SMILES string of the molecule is CCCCC/C=C\C/C=C\CCCCCCCCCC(=O)NC(COC1OC(CO)C(O)C(O)C1O)C(O)/C=C/CC/C=C/CC/C=C/CCCCCCCCCCCCCCCCCCCC. The van der Waals surface area contributed by atoms with Gasteiger partial charge in [-0.15, -0.1) is 0 Å². The van der Waals surface area contributed by atoms with Crippen LogP contribution in [0.5, 0.6) is 0 Å². The van der Waals surface area contributed by atoms with Gasteiger partial charge in [-0.2, -0.15) is 0 Å². The van der Waals surface area contributed by atoms with E-state index in [0.717, 1.165) is 64.2 Å². The van der Waals surface area contributed by atoms with E-state index >= 15 is 0 Å². The van der Waals surface area contributed by atoms with Crippen molar-refractivity contribution in [3.63, 3.8) is 0 Å². The Hall–Kier alpha value is -2.11. The Bertz CT molecular complexity index is 1250. The normalized spacial score (nSPS) is 20.0. The fourth-order valence-corrected chi connectivity index (χ4v) is 8.75. The Morgan fingerprint density at radius 2 is 0.882 bits per heavy atom. The minimum atomic E-state index is -1.58. The maximum Gasteiger partial charge on any atom is 0.220 e. The molecule has 396 valence electrons. The molecular weight excluding hydrogens is 851 g/mol. The number of hydrogen-bond donors (Lipinski definition) is 6. The van der Waals surface area contributed by atoms with Gasteiger partial charge in [0.2, 0.25) is 5.91 Å². The number of nitrogens with one attached hydrogen (secondary N) is 1. The lowest BCUT2D eigenvalue weighted by atomic mass is 9.99. The lowest BCUT2D eigenvalue weighted by Crippen LogP contribution is -2.60. The number of ether oxygens (including phenoxy) is 2. The molecule has 0 aromatic carbocycles. The van der Waals surface area contributed by atoms with Crippen LogP contribution < -0.4 is 5.32 Å². The van der Waals surface area contributed by atoms with Crippen molar-refractivity contribution < 1.29 is 39.8 Å². The van der Waals surface area contributed by atoms with E-state index in [4.69, 9.17) is 9.47 Å². The number of rotatable bonds is 48. The molecule has 0 aromatic rings. The Morgan fingerprint density at radius 3 is 1.35 bits per heavy atom. The number of amides is 1. The molecule has 9 nitrogen and oxygen atoms in total. The number of hydrogen-bond acceptors (Lipinski definition) is 8. The first-order valence-electron chi connectivity index (χ1n) is 28.5. The highest BCUT2D eigenvalue weighted by Gasteiger charge is 2.44. The molecule has 0 spiro atoms. The molecule has 0 aliphatic carbocycles. The zero-order valence-corrected chi connectivity index (χ0v) is 43.9. The Kier molecular flexibility index (Phi) is 45.6. The maximum atomic E-state index is 13.0. The van der Waals surface area contributed by atoms with Crippen LogP contribution in [0.25, 0.3) is 0 Å². The van der Waals surface area contributed by atoms with Crippen molar-refractivity contribution in [2.24, 2.45) is 0 Å². The molecule has 1 fully saturated rings. The quantitative estimate of drug-likeness (QED) is 0.0261. The van der Waals surface area contributed by atoms with Gasteiger partial charge in [-0.05, 0) is 77.0 Å². The summed E-state index contributed by atoms with van der Waals surface area (Å²) in [7, 11) is 0. The van der Waals surface area contributed by atoms with Crippen LogP contribution in [0.4, 0.5) is 0 Å². The van der Waals surface area contributed by atoms with Crippen LogP contribution in [0.15, 0.2) is 60.8 Å². The second kappa shape index (κ2) is 48.5. The van der Waals surface area contributed by atoms with E-state index in [0.29, 0.717) is 6.42 Å². The molecule has 0 radical (unpaired) electrons. The van der Waals surface area contributed by atoms with Gasteiger partial charge in [-0.25, -0.2) is 0 Å². The third kappa shape index (κ3) is 37.7. The Labute approximate surface area is 417 Å². The summed E-state index contributed by atoms with van der Waals surface area (Å²) in [5.41, 5.74) is 0. The number of carbonyl (C=O) groups is 1. The summed E-state index contributed by atoms with van der Waals surface area (Å²) in [6.45, 7) is 3.74. The lowest BCUT2D eigenvalue weighted by molar-refractivity contribution is -0.302. The third-order valence-corrected chi connectivity index (χ3v) is 13.3. The van der Waals surface area contributed by atoms with Gasteiger partial charge in [0.1, 0.15) is 24.4 Å². The average molecular weight is 959 g/mol. The molecule has 1 aliphatic heterocycles. The van der Waals surface area contributed by atoms with Crippen LogP contribution >= 0.6 is 0 Å². The maximum absolute atomic E-state index is 13.0. The number of aliphatic hydroxyl groups excluding tert-OH is 5. The van der Waals surface area contributed by atoms with E-state index in [1.807, 2.05) is 6.08 Å². The summed E-state index contributed by atoms with van der Waals surface area (Å²) in [6, 6.07) is -0.835. The highest BCUT2D eigenvalue weighted by atomic mass is 16.7. The molecule has 0 aromatic heterocycles. The number of aliphatic hydroxyl groups is 5. The summed E-state index contributed by atoms with van der Waals surface area (Å²) in [5, 5.41) is 54.4. The number of allylic oxidation sites excluding steroid dienone is 9. The molecule has 1 amide bonds. The minimum Gasteiger partial charge on any atom is -0.394 e. The van der Waals surface area contributed by atoms with Crippen molar-refractivity contribution in [1.29, 1.82) is 0 Å². The van der Waals surface area contributed by atoms with E-state index in [2.05, 4.69) is 67.8 Å². The fourth-order valence-electron chi connectivity index (χ4n) is 8.75. The molecule has 1 rings (SSSR count). The van der Waals surface area contributed by atoms with Gasteiger partial charge in [-0.3, -0.25) is 4.79 Å². The monoisotopic (exact) mass is 958 g/mol. The van der Waals surface area contributed by atoms with E-state index in [1.165, 1.54) is 167 Å². The number of unbranched alkanes of at least 4 members (excludes halogenated alkanes) is 30. The predicted molar refractivity (Wildman–Crippen MR) is 286 cm³/mol. The van der Waals surface area contributed by atoms with Gasteiger partial charge in [-0.1, -0.05) is 229 Å². The van der Waals surface area contributed by atoms with Crippen LogP contribution in [0.3, 0.4) is 0 Å². The van der Waals surface area contributed by atoms with Crippen molar-refractivity contribution in [2.45, 2.75) is 294 Å². The smallest absolute Gasteiger partial charge is 0.220 e. The van der Waals surface area contributed by atoms with Gasteiger partial charge in [0.15, 0.2) is 6.29 Å². The molecule has 7 unspecified atom stereocenters. The summed E-state index contributed by atoms with van der Waals surface area (Å²) in [5.74, 6) is -0.199. The topological polar surface area (TPSA) is 149 Å². The summed E-state index contributed by atoms with van der Waals surface area (Å²) in [6.07, 6.45) is 58.6. The first-order chi connectivity index (χ1) is 33.3. The highest BCUT2D eigenvalue weighted by molar-refractivity contribution is 5.76. The number of carbonyl (C=O) groups excluding carboxylic acids is 1. The lowest BCUT2D eigenvalue weighted by Gasteiger charge is -2.40. The van der Waals surface area contributed by atoms with E-state index < -0.39 is 49.5 Å². The molecule has 1 saturated heterocycles. The fraction of sp³-hybridized carbons (Fsp3) is 0.814. The van der Waals surface area contributed by atoms with E-state index in [1.54, 1.807) is 6.08 Å². The van der Waals surface area contributed by atoms with Crippen molar-refractivity contribution in [3.05, 3.63) is 60.8 Å². The average Bonchev–Trinajstić information content (AvgIpc) is 3.34. The first-order valence-corrected chi connectivity index (χ1v) is 28.5. The van der Waals surface area contributed by atoms with Crippen molar-refractivity contribution >= 4 is 5.91 Å². The first kappa shape index (κ1) is 63.9. The van der Waals surface area contributed by atoms with Gasteiger partial charge < -0.3 is 40.3 Å². The van der Waals surface area contributed by atoms with Crippen LogP contribution in [-0.2, 0) is 14.3 Å². The van der Waals surface area contributed by atoms with Gasteiger partial charge >= 0.3 is 0 Å². The second-order valence-corrected chi connectivity index (χ2v) is 19.7. The molecule has 6 N–H and O–H groups in total. The van der Waals surface area contributed by atoms with Crippen molar-refractivity contribution in [1.82, 2.24) is 5.32 Å². The van der Waals surface area contributed by atoms with Crippen LogP contribution in [0, 0.1) is 0 Å². The second-order valence-electron chi connectivity index (χ2n) is 19.7. The molecule has 1 heterocycles. The summed E-state index contributed by atoms with van der Waals surface area (Å²) in [4.78, 5) is 13.0. The zero-order chi connectivity index (χ0) is 49.4. The minimum absolute atomic E-state index is 0.199. The zero-order valence-electron chi connectivity index (χ0n) is 43.9. The summed E-state index contributed by atoms with van der Waals surface area (Å²) < 4.78 is 11.2. The summed E-state index contributed by atoms with van der Waals surface area (Å²) >= 11 is 0. The van der Waals surface area contributed by atoms with Gasteiger partial charge in [0.05, 0.1) is 25.4 Å². The Balaban J connectivity index is 2.26. The van der Waals surface area contributed by atoms with Crippen LogP contribution in [0.2, 0.25) is 0 Å². The van der Waals surface area contributed by atoms with Crippen molar-refractivity contribution in [2.75, 3.05) is 13.2 Å². The van der Waals surface area contributed by atoms with E-state index in [9.17, 15) is 30.3 Å². The third-order valence-electron chi connectivity index (χ3n) is 13.3. The van der Waals surface area contributed by atoms with Gasteiger partial charge in [0, 0.05) is 6.42 Å². The van der Waals surface area contributed by atoms with E-state index in [-0.39, 0.29) is 12.5 Å². The molecule has 0 saturated carbocycles. The molecular formula is C59H107NO8. The molecule has 68 heavy (non-hydrogen) atoms. The van der Waals surface area contributed by atoms with Crippen LogP contribution in [0.1, 0.15) is 251 Å². The molecule has 7 atom stereocenters. The van der Waals surface area contributed by atoms with Crippen molar-refractivity contribution in [3.8, 4) is 0 Å².